The Kier molecular flexibility index (Phi) is 6.02. The van der Waals surface area contributed by atoms with Crippen LogP contribution in [0.25, 0.3) is 11.3 Å². The number of hydrogen-bond donors (Lipinski definition) is 2. The molecule has 2 heterocycles. The average molecular weight is 344 g/mol. The molecule has 112 valence electrons. The van der Waals surface area contributed by atoms with Gasteiger partial charge in [-0.05, 0) is 0 Å². The highest BCUT2D eigenvalue weighted by atomic mass is 35.5. The largest absolute Gasteiger partial charge is 0.394 e. The molecule has 4 N–H and O–H groups in total. The van der Waals surface area contributed by atoms with Gasteiger partial charge in [0.05, 0.1) is 24.1 Å². The lowest BCUT2D eigenvalue weighted by molar-refractivity contribution is 0.694. The summed E-state index contributed by atoms with van der Waals surface area (Å²) in [6.07, 6.45) is 1.56. The number of aromatic nitrogens is 3. The van der Waals surface area contributed by atoms with Crippen LogP contribution in [-0.2, 0) is 6.54 Å². The Balaban J connectivity index is 0.00000110. The van der Waals surface area contributed by atoms with Crippen molar-refractivity contribution in [2.24, 2.45) is 0 Å². The van der Waals surface area contributed by atoms with Gasteiger partial charge >= 0.3 is 0 Å². The second kappa shape index (κ2) is 7.31. The zero-order valence-electron chi connectivity index (χ0n) is 11.0. The Bertz CT molecular complexity index is 696. The summed E-state index contributed by atoms with van der Waals surface area (Å²) >= 11 is 1.59. The third-order valence-electron chi connectivity index (χ3n) is 2.82. The Labute approximate surface area is 138 Å². The summed E-state index contributed by atoms with van der Waals surface area (Å²) in [5.74, 6) is 0.483. The van der Waals surface area contributed by atoms with Crippen LogP contribution in [0.15, 0.2) is 41.9 Å². The first-order valence-corrected chi connectivity index (χ1v) is 6.68. The Morgan fingerprint density at radius 3 is 2.43 bits per heavy atom. The van der Waals surface area contributed by atoms with Gasteiger partial charge in [-0.25, -0.2) is 9.67 Å². The molecule has 2 aromatic heterocycles. The molecule has 0 aliphatic rings. The Morgan fingerprint density at radius 1 is 1.10 bits per heavy atom. The summed E-state index contributed by atoms with van der Waals surface area (Å²) in [7, 11) is 0. The molecule has 0 spiro atoms. The zero-order valence-corrected chi connectivity index (χ0v) is 13.4. The maximum absolute atomic E-state index is 5.82. The van der Waals surface area contributed by atoms with Crippen LogP contribution in [0.3, 0.4) is 0 Å². The van der Waals surface area contributed by atoms with E-state index in [0.29, 0.717) is 18.1 Å². The van der Waals surface area contributed by atoms with Crippen molar-refractivity contribution >= 4 is 47.7 Å². The highest BCUT2D eigenvalue weighted by Crippen LogP contribution is 2.23. The van der Waals surface area contributed by atoms with Crippen LogP contribution >= 0.6 is 36.2 Å². The molecule has 3 aromatic rings. The molecule has 1 aromatic carbocycles. The van der Waals surface area contributed by atoms with E-state index in [9.17, 15) is 0 Å². The minimum absolute atomic E-state index is 0. The van der Waals surface area contributed by atoms with Crippen molar-refractivity contribution < 1.29 is 0 Å². The highest BCUT2D eigenvalue weighted by molar-refractivity contribution is 7.09. The van der Waals surface area contributed by atoms with Crippen LogP contribution in [0.1, 0.15) is 5.01 Å². The van der Waals surface area contributed by atoms with E-state index in [4.69, 9.17) is 11.5 Å². The number of anilines is 2. The molecule has 0 radical (unpaired) electrons. The zero-order chi connectivity index (χ0) is 13.2. The van der Waals surface area contributed by atoms with Gasteiger partial charge in [-0.15, -0.1) is 36.2 Å². The molecule has 0 saturated carbocycles. The summed E-state index contributed by atoms with van der Waals surface area (Å²) in [5.41, 5.74) is 14.1. The number of thiazole rings is 1. The number of hydrogen-bond acceptors (Lipinski definition) is 5. The topological polar surface area (TPSA) is 82.8 Å². The van der Waals surface area contributed by atoms with Gasteiger partial charge in [0.25, 0.3) is 0 Å². The van der Waals surface area contributed by atoms with Crippen molar-refractivity contribution in [3.63, 3.8) is 0 Å². The van der Waals surface area contributed by atoms with Gasteiger partial charge in [-0.2, -0.15) is 5.10 Å². The van der Waals surface area contributed by atoms with Crippen LogP contribution in [0, 0.1) is 0 Å². The fourth-order valence-corrected chi connectivity index (χ4v) is 2.57. The van der Waals surface area contributed by atoms with Crippen molar-refractivity contribution in [3.05, 3.63) is 46.9 Å². The summed E-state index contributed by atoms with van der Waals surface area (Å²) in [6, 6.07) is 10.1. The SMILES string of the molecule is Cl.Cl.Nc1cnn(Cc2nc(-c3ccccc3)cs2)c1N. The third kappa shape index (κ3) is 3.66. The number of nitrogens with zero attached hydrogens (tertiary/aromatic N) is 3. The molecule has 8 heteroatoms. The first-order valence-electron chi connectivity index (χ1n) is 5.80. The molecule has 0 aliphatic carbocycles. The first kappa shape index (κ1) is 17.3. The normalized spacial score (nSPS) is 9.71. The van der Waals surface area contributed by atoms with Crippen molar-refractivity contribution in [1.29, 1.82) is 0 Å². The third-order valence-corrected chi connectivity index (χ3v) is 3.65. The average Bonchev–Trinajstić information content (AvgIpc) is 3.02. The molecule has 0 unspecified atom stereocenters. The van der Waals surface area contributed by atoms with Crippen LogP contribution in [-0.4, -0.2) is 14.8 Å². The van der Waals surface area contributed by atoms with E-state index in [2.05, 4.69) is 10.1 Å². The predicted octanol–water partition coefficient (Wildman–Crippen LogP) is 3.06. The minimum Gasteiger partial charge on any atom is -0.394 e. The molecule has 0 saturated heterocycles. The van der Waals surface area contributed by atoms with Crippen molar-refractivity contribution in [1.82, 2.24) is 14.8 Å². The fraction of sp³-hybridized carbons (Fsp3) is 0.0769. The van der Waals surface area contributed by atoms with Gasteiger partial charge in [0.2, 0.25) is 0 Å². The molecule has 21 heavy (non-hydrogen) atoms. The lowest BCUT2D eigenvalue weighted by Gasteiger charge is -2.01. The Hall–Kier alpha value is -1.76. The summed E-state index contributed by atoms with van der Waals surface area (Å²) < 4.78 is 1.66. The van der Waals surface area contributed by atoms with Crippen LogP contribution in [0.2, 0.25) is 0 Å². The summed E-state index contributed by atoms with van der Waals surface area (Å²) in [4.78, 5) is 4.59. The predicted molar refractivity (Wildman–Crippen MR) is 92.2 cm³/mol. The van der Waals surface area contributed by atoms with Gasteiger partial charge in [-0.3, -0.25) is 0 Å². The maximum Gasteiger partial charge on any atom is 0.145 e. The van der Waals surface area contributed by atoms with Crippen LogP contribution in [0.4, 0.5) is 11.5 Å². The lowest BCUT2D eigenvalue weighted by atomic mass is 10.2. The Morgan fingerprint density at radius 2 is 1.81 bits per heavy atom. The lowest BCUT2D eigenvalue weighted by Crippen LogP contribution is -2.06. The minimum atomic E-state index is 0. The molecule has 0 atom stereocenters. The van der Waals surface area contributed by atoms with E-state index in [1.165, 1.54) is 0 Å². The highest BCUT2D eigenvalue weighted by Gasteiger charge is 2.08. The fourth-order valence-electron chi connectivity index (χ4n) is 1.79. The van der Waals surface area contributed by atoms with E-state index in [1.807, 2.05) is 35.7 Å². The molecule has 0 fully saturated rings. The van der Waals surface area contributed by atoms with E-state index in [-0.39, 0.29) is 24.8 Å². The standard InChI is InChI=1S/C13H13N5S.2ClH/c14-10-6-16-18(13(10)15)7-12-17-11(8-19-12)9-4-2-1-3-5-9;;/h1-6,8H,7,14-15H2;2*1H. The van der Waals surface area contributed by atoms with E-state index in [0.717, 1.165) is 16.3 Å². The first-order chi connectivity index (χ1) is 9.24. The molecule has 0 aliphatic heterocycles. The molecule has 0 bridgehead atoms. The van der Waals surface area contributed by atoms with Gasteiger partial charge in [0.1, 0.15) is 10.8 Å². The molecule has 0 amide bonds. The quantitative estimate of drug-likeness (QED) is 0.765. The molecule has 5 nitrogen and oxygen atoms in total. The number of benzene rings is 1. The summed E-state index contributed by atoms with van der Waals surface area (Å²) in [5, 5.41) is 7.11. The van der Waals surface area contributed by atoms with E-state index in [1.54, 1.807) is 22.2 Å². The second-order valence-corrected chi connectivity index (χ2v) is 5.08. The smallest absolute Gasteiger partial charge is 0.145 e. The molecule has 3 rings (SSSR count). The van der Waals surface area contributed by atoms with Gasteiger partial charge in [-0.1, -0.05) is 30.3 Å². The summed E-state index contributed by atoms with van der Waals surface area (Å²) in [6.45, 7) is 0.542. The van der Waals surface area contributed by atoms with E-state index >= 15 is 0 Å². The van der Waals surface area contributed by atoms with Crippen molar-refractivity contribution in [3.8, 4) is 11.3 Å². The number of nitrogen functional groups attached to an aromatic ring is 2. The van der Waals surface area contributed by atoms with Gasteiger partial charge in [0, 0.05) is 10.9 Å². The van der Waals surface area contributed by atoms with Crippen molar-refractivity contribution in [2.75, 3.05) is 11.5 Å². The second-order valence-electron chi connectivity index (χ2n) is 4.14. The van der Waals surface area contributed by atoms with Gasteiger partial charge in [0.15, 0.2) is 0 Å². The number of rotatable bonds is 3. The number of nitrogens with two attached hydrogens (primary N) is 2. The van der Waals surface area contributed by atoms with Crippen LogP contribution in [0.5, 0.6) is 0 Å². The molecular formula is C13H15Cl2N5S. The van der Waals surface area contributed by atoms with E-state index < -0.39 is 0 Å². The molecular weight excluding hydrogens is 329 g/mol. The van der Waals surface area contributed by atoms with Crippen molar-refractivity contribution in [2.45, 2.75) is 6.54 Å². The maximum atomic E-state index is 5.82. The number of halogens is 2. The van der Waals surface area contributed by atoms with Crippen LogP contribution < -0.4 is 11.5 Å². The monoisotopic (exact) mass is 343 g/mol. The van der Waals surface area contributed by atoms with Gasteiger partial charge < -0.3 is 11.5 Å².